The van der Waals surface area contributed by atoms with E-state index >= 15 is 0 Å². The number of carbonyl (C=O) groups is 1. The van der Waals surface area contributed by atoms with Gasteiger partial charge in [0.2, 0.25) is 0 Å². The molecule has 0 spiro atoms. The number of fused-ring (bicyclic) bond motifs is 1. The first-order chi connectivity index (χ1) is 12.3. The molecule has 0 heterocycles. The van der Waals surface area contributed by atoms with Gasteiger partial charge in [0, 0.05) is 17.6 Å². The van der Waals surface area contributed by atoms with Crippen LogP contribution in [0.2, 0.25) is 0 Å². The van der Waals surface area contributed by atoms with Gasteiger partial charge in [-0.15, -0.1) is 0 Å². The Labute approximate surface area is 151 Å². The van der Waals surface area contributed by atoms with Crippen LogP contribution in [-0.4, -0.2) is 22.9 Å². The van der Waals surface area contributed by atoms with E-state index in [9.17, 15) is 4.79 Å². The summed E-state index contributed by atoms with van der Waals surface area (Å²) in [5.74, 6) is 0.268. The minimum atomic E-state index is 0.268. The predicted octanol–water partition coefficient (Wildman–Crippen LogP) is 5.95. The van der Waals surface area contributed by atoms with Crippen molar-refractivity contribution in [2.24, 2.45) is 0 Å². The Morgan fingerprint density at radius 2 is 1.28 bits per heavy atom. The van der Waals surface area contributed by atoms with Crippen LogP contribution in [0.25, 0.3) is 10.8 Å². The largest absolute Gasteiger partial charge is 0.333 e. The van der Waals surface area contributed by atoms with Crippen molar-refractivity contribution in [1.82, 2.24) is 4.90 Å². The van der Waals surface area contributed by atoms with E-state index in [0.717, 1.165) is 5.56 Å². The van der Waals surface area contributed by atoms with Crippen molar-refractivity contribution in [2.45, 2.75) is 76.3 Å². The van der Waals surface area contributed by atoms with Crippen LogP contribution in [0.1, 0.15) is 74.6 Å². The van der Waals surface area contributed by atoms with Crippen molar-refractivity contribution in [1.29, 1.82) is 0 Å². The van der Waals surface area contributed by atoms with Gasteiger partial charge >= 0.3 is 0 Å². The number of carbonyl (C=O) groups excluding carboxylic acids is 1. The van der Waals surface area contributed by atoms with Crippen molar-refractivity contribution in [2.75, 3.05) is 0 Å². The number of rotatable bonds is 3. The molecule has 0 saturated heterocycles. The number of benzene rings is 2. The highest BCUT2D eigenvalue weighted by atomic mass is 16.2. The quantitative estimate of drug-likeness (QED) is 0.679. The molecule has 0 aliphatic heterocycles. The normalized spacial score (nSPS) is 19.8. The zero-order valence-corrected chi connectivity index (χ0v) is 15.1. The Morgan fingerprint density at radius 1 is 0.720 bits per heavy atom. The number of hydrogen-bond acceptors (Lipinski definition) is 1. The molecule has 1 amide bonds. The van der Waals surface area contributed by atoms with E-state index in [-0.39, 0.29) is 5.91 Å². The lowest BCUT2D eigenvalue weighted by Gasteiger charge is -2.42. The second-order valence-corrected chi connectivity index (χ2v) is 7.86. The van der Waals surface area contributed by atoms with Crippen molar-refractivity contribution in [3.05, 3.63) is 48.0 Å². The highest BCUT2D eigenvalue weighted by Gasteiger charge is 2.32. The standard InChI is InChI=1S/C23H29NO/c25-23(20-16-15-18-9-7-8-10-19(18)17-20)24(21-11-3-1-4-12-21)22-13-5-2-6-14-22/h7-10,15-17,21-22H,1-6,11-14H2. The molecular weight excluding hydrogens is 306 g/mol. The van der Waals surface area contributed by atoms with Crippen LogP contribution in [0.15, 0.2) is 42.5 Å². The molecule has 2 aromatic carbocycles. The molecule has 0 bridgehead atoms. The van der Waals surface area contributed by atoms with Gasteiger partial charge < -0.3 is 4.90 Å². The van der Waals surface area contributed by atoms with E-state index in [1.165, 1.54) is 75.0 Å². The van der Waals surface area contributed by atoms with Crippen molar-refractivity contribution >= 4 is 16.7 Å². The van der Waals surface area contributed by atoms with Gasteiger partial charge in [-0.1, -0.05) is 68.9 Å². The maximum Gasteiger partial charge on any atom is 0.254 e. The summed E-state index contributed by atoms with van der Waals surface area (Å²) in [6.45, 7) is 0. The van der Waals surface area contributed by atoms with E-state index in [0.29, 0.717) is 12.1 Å². The van der Waals surface area contributed by atoms with Gasteiger partial charge in [-0.3, -0.25) is 4.79 Å². The maximum atomic E-state index is 13.5. The molecule has 2 aliphatic carbocycles. The van der Waals surface area contributed by atoms with Crippen molar-refractivity contribution < 1.29 is 4.79 Å². The van der Waals surface area contributed by atoms with Crippen LogP contribution in [0.3, 0.4) is 0 Å². The number of amides is 1. The van der Waals surface area contributed by atoms with E-state index < -0.39 is 0 Å². The number of nitrogens with zero attached hydrogens (tertiary/aromatic N) is 1. The SMILES string of the molecule is O=C(c1ccc2ccccc2c1)N(C1CCCCC1)C1CCCCC1. The highest BCUT2D eigenvalue weighted by molar-refractivity contribution is 5.99. The first-order valence-corrected chi connectivity index (χ1v) is 10.1. The maximum absolute atomic E-state index is 13.5. The third-order valence-corrected chi connectivity index (χ3v) is 6.17. The van der Waals surface area contributed by atoms with Crippen LogP contribution in [0.4, 0.5) is 0 Å². The van der Waals surface area contributed by atoms with Gasteiger partial charge in [0.05, 0.1) is 0 Å². The highest BCUT2D eigenvalue weighted by Crippen LogP contribution is 2.32. The monoisotopic (exact) mass is 335 g/mol. The van der Waals surface area contributed by atoms with Crippen LogP contribution >= 0.6 is 0 Å². The molecule has 4 rings (SSSR count). The van der Waals surface area contributed by atoms with E-state index in [1.54, 1.807) is 0 Å². The summed E-state index contributed by atoms with van der Waals surface area (Å²) in [5, 5.41) is 2.38. The first kappa shape index (κ1) is 16.6. The summed E-state index contributed by atoms with van der Waals surface area (Å²) in [6, 6.07) is 15.5. The minimum absolute atomic E-state index is 0.268. The molecule has 0 radical (unpaired) electrons. The molecule has 0 atom stereocenters. The van der Waals surface area contributed by atoms with Crippen LogP contribution in [0.5, 0.6) is 0 Å². The summed E-state index contributed by atoms with van der Waals surface area (Å²) in [6.07, 6.45) is 12.5. The average Bonchev–Trinajstić information content (AvgIpc) is 2.69. The Morgan fingerprint density at radius 3 is 1.88 bits per heavy atom. The van der Waals surface area contributed by atoms with Gasteiger partial charge in [-0.05, 0) is 48.6 Å². The molecule has 0 aromatic heterocycles. The zero-order chi connectivity index (χ0) is 17.1. The molecule has 25 heavy (non-hydrogen) atoms. The molecule has 0 N–H and O–H groups in total. The molecule has 2 heteroatoms. The smallest absolute Gasteiger partial charge is 0.254 e. The van der Waals surface area contributed by atoms with Crippen LogP contribution in [0, 0.1) is 0 Å². The second kappa shape index (κ2) is 7.59. The predicted molar refractivity (Wildman–Crippen MR) is 104 cm³/mol. The summed E-state index contributed by atoms with van der Waals surface area (Å²) < 4.78 is 0. The van der Waals surface area contributed by atoms with Crippen molar-refractivity contribution in [3.63, 3.8) is 0 Å². The Hall–Kier alpha value is -1.83. The van der Waals surface area contributed by atoms with Gasteiger partial charge in [0.15, 0.2) is 0 Å². The van der Waals surface area contributed by atoms with E-state index in [1.807, 2.05) is 6.07 Å². The topological polar surface area (TPSA) is 20.3 Å². The summed E-state index contributed by atoms with van der Waals surface area (Å²) in [4.78, 5) is 15.8. The molecule has 0 unspecified atom stereocenters. The Kier molecular flexibility index (Phi) is 5.05. The molecule has 132 valence electrons. The summed E-state index contributed by atoms with van der Waals surface area (Å²) >= 11 is 0. The Balaban J connectivity index is 1.65. The average molecular weight is 335 g/mol. The second-order valence-electron chi connectivity index (χ2n) is 7.86. The van der Waals surface area contributed by atoms with Gasteiger partial charge in [-0.2, -0.15) is 0 Å². The molecular formula is C23H29NO. The zero-order valence-electron chi connectivity index (χ0n) is 15.1. The van der Waals surface area contributed by atoms with Gasteiger partial charge in [0.1, 0.15) is 0 Å². The van der Waals surface area contributed by atoms with Gasteiger partial charge in [0.25, 0.3) is 5.91 Å². The van der Waals surface area contributed by atoms with Crippen LogP contribution in [-0.2, 0) is 0 Å². The van der Waals surface area contributed by atoms with Crippen molar-refractivity contribution in [3.8, 4) is 0 Å². The first-order valence-electron chi connectivity index (χ1n) is 10.1. The fourth-order valence-electron chi connectivity index (χ4n) is 4.82. The molecule has 2 saturated carbocycles. The summed E-state index contributed by atoms with van der Waals surface area (Å²) in [5.41, 5.74) is 0.870. The lowest BCUT2D eigenvalue weighted by molar-refractivity contribution is 0.0448. The lowest BCUT2D eigenvalue weighted by Crippen LogP contribution is -2.48. The molecule has 2 fully saturated rings. The third kappa shape index (κ3) is 3.58. The summed E-state index contributed by atoms with van der Waals surface area (Å²) in [7, 11) is 0. The fourth-order valence-corrected chi connectivity index (χ4v) is 4.82. The van der Waals surface area contributed by atoms with Crippen LogP contribution < -0.4 is 0 Å². The molecule has 2 nitrogen and oxygen atoms in total. The minimum Gasteiger partial charge on any atom is -0.333 e. The lowest BCUT2D eigenvalue weighted by atomic mass is 9.88. The third-order valence-electron chi connectivity index (χ3n) is 6.17. The molecule has 2 aliphatic rings. The number of hydrogen-bond donors (Lipinski definition) is 0. The van der Waals surface area contributed by atoms with Gasteiger partial charge in [-0.25, -0.2) is 0 Å². The van der Waals surface area contributed by atoms with E-state index in [4.69, 9.17) is 0 Å². The fraction of sp³-hybridized carbons (Fsp3) is 0.522. The molecule has 2 aromatic rings. The van der Waals surface area contributed by atoms with E-state index in [2.05, 4.69) is 41.3 Å². The Bertz CT molecular complexity index is 708.